The first kappa shape index (κ1) is 18.7. The minimum atomic E-state index is -0.230. The molecule has 0 atom stereocenters. The van der Waals surface area contributed by atoms with Gasteiger partial charge in [0.15, 0.2) is 5.58 Å². The number of carbonyl (C=O) groups excluding carboxylic acids is 1. The van der Waals surface area contributed by atoms with E-state index < -0.39 is 0 Å². The number of aryl methyl sites for hydroxylation is 2. The molecule has 0 fully saturated rings. The molecular weight excluding hydrogens is 364 g/mol. The van der Waals surface area contributed by atoms with Crippen molar-refractivity contribution >= 4 is 22.7 Å². The molecule has 0 bridgehead atoms. The van der Waals surface area contributed by atoms with E-state index >= 15 is 0 Å². The molecule has 1 N–H and O–H groups in total. The zero-order valence-corrected chi connectivity index (χ0v) is 16.9. The lowest BCUT2D eigenvalue weighted by atomic mass is 10.1. The van der Waals surface area contributed by atoms with E-state index in [2.05, 4.69) is 16.4 Å². The van der Waals surface area contributed by atoms with Crippen LogP contribution in [0.3, 0.4) is 0 Å². The number of methoxy groups -OCH3 is 1. The van der Waals surface area contributed by atoms with Gasteiger partial charge in [-0.3, -0.25) is 4.79 Å². The normalized spacial score (nSPS) is 10.9. The molecular formula is C24H22N2O3. The van der Waals surface area contributed by atoms with Gasteiger partial charge in [0.2, 0.25) is 5.89 Å². The molecule has 0 unspecified atom stereocenters. The van der Waals surface area contributed by atoms with Gasteiger partial charge in [-0.1, -0.05) is 24.3 Å². The van der Waals surface area contributed by atoms with E-state index in [1.807, 2.05) is 57.2 Å². The Bertz CT molecular complexity index is 1220. The Morgan fingerprint density at radius 3 is 2.62 bits per heavy atom. The number of benzene rings is 3. The van der Waals surface area contributed by atoms with E-state index in [9.17, 15) is 4.79 Å². The van der Waals surface area contributed by atoms with Crippen LogP contribution in [0.5, 0.6) is 5.75 Å². The molecule has 29 heavy (non-hydrogen) atoms. The Balaban J connectivity index is 1.71. The van der Waals surface area contributed by atoms with Gasteiger partial charge in [-0.05, 0) is 67.8 Å². The van der Waals surface area contributed by atoms with Crippen LogP contribution in [0, 0.1) is 20.8 Å². The van der Waals surface area contributed by atoms with Crippen LogP contribution in [0.2, 0.25) is 0 Å². The fourth-order valence-corrected chi connectivity index (χ4v) is 3.52. The van der Waals surface area contributed by atoms with Crippen molar-refractivity contribution in [2.45, 2.75) is 20.8 Å². The van der Waals surface area contributed by atoms with Gasteiger partial charge in [0.25, 0.3) is 5.91 Å². The Morgan fingerprint density at radius 1 is 1.03 bits per heavy atom. The highest BCUT2D eigenvalue weighted by Gasteiger charge is 2.17. The molecule has 0 saturated heterocycles. The highest BCUT2D eigenvalue weighted by atomic mass is 16.5. The Labute approximate surface area is 169 Å². The highest BCUT2D eigenvalue weighted by molar-refractivity contribution is 6.06. The van der Waals surface area contributed by atoms with Crippen molar-refractivity contribution in [1.29, 1.82) is 0 Å². The summed E-state index contributed by atoms with van der Waals surface area (Å²) in [5.74, 6) is 0.843. The Morgan fingerprint density at radius 2 is 1.83 bits per heavy atom. The quantitative estimate of drug-likeness (QED) is 0.490. The van der Waals surface area contributed by atoms with Gasteiger partial charge in [-0.15, -0.1) is 0 Å². The second-order valence-corrected chi connectivity index (χ2v) is 7.08. The number of nitrogens with zero attached hydrogens (tertiary/aromatic N) is 1. The topological polar surface area (TPSA) is 64.4 Å². The number of ether oxygens (including phenoxy) is 1. The summed E-state index contributed by atoms with van der Waals surface area (Å²) in [7, 11) is 1.55. The molecule has 0 aliphatic rings. The van der Waals surface area contributed by atoms with Gasteiger partial charge < -0.3 is 14.5 Å². The van der Waals surface area contributed by atoms with E-state index in [0.29, 0.717) is 22.9 Å². The highest BCUT2D eigenvalue weighted by Crippen LogP contribution is 2.32. The summed E-state index contributed by atoms with van der Waals surface area (Å²) in [5.41, 5.74) is 6.73. The smallest absolute Gasteiger partial charge is 0.259 e. The second kappa shape index (κ2) is 7.43. The summed E-state index contributed by atoms with van der Waals surface area (Å²) in [6.07, 6.45) is 0. The number of aromatic nitrogens is 1. The maximum absolute atomic E-state index is 12.8. The summed E-state index contributed by atoms with van der Waals surface area (Å²) in [6, 6.07) is 16.9. The number of fused-ring (bicyclic) bond motifs is 1. The van der Waals surface area contributed by atoms with E-state index in [0.717, 1.165) is 33.4 Å². The van der Waals surface area contributed by atoms with Gasteiger partial charge in [-0.25, -0.2) is 4.98 Å². The largest absolute Gasteiger partial charge is 0.496 e. The molecule has 1 heterocycles. The van der Waals surface area contributed by atoms with Crippen molar-refractivity contribution in [2.75, 3.05) is 12.4 Å². The molecule has 1 aromatic heterocycles. The van der Waals surface area contributed by atoms with Gasteiger partial charge >= 0.3 is 0 Å². The summed E-state index contributed by atoms with van der Waals surface area (Å²) in [6.45, 7) is 6.00. The number of hydrogen-bond acceptors (Lipinski definition) is 4. The van der Waals surface area contributed by atoms with Crippen molar-refractivity contribution in [1.82, 2.24) is 4.98 Å². The molecule has 3 aromatic carbocycles. The number of anilines is 1. The van der Waals surface area contributed by atoms with Crippen LogP contribution in [0.1, 0.15) is 27.0 Å². The number of nitrogens with one attached hydrogen (secondary N) is 1. The molecule has 0 aliphatic heterocycles. The Hall–Kier alpha value is -3.60. The number of hydrogen-bond donors (Lipinski definition) is 1. The lowest BCUT2D eigenvalue weighted by Crippen LogP contribution is -2.14. The summed E-state index contributed by atoms with van der Waals surface area (Å²) < 4.78 is 11.4. The fraction of sp³-hybridized carbons (Fsp3) is 0.167. The summed E-state index contributed by atoms with van der Waals surface area (Å²) in [4.78, 5) is 17.5. The first-order valence-corrected chi connectivity index (χ1v) is 9.40. The molecule has 5 nitrogen and oxygen atoms in total. The van der Waals surface area contributed by atoms with Crippen LogP contribution < -0.4 is 10.1 Å². The summed E-state index contributed by atoms with van der Waals surface area (Å²) >= 11 is 0. The van der Waals surface area contributed by atoms with Crippen molar-refractivity contribution in [3.63, 3.8) is 0 Å². The molecule has 4 aromatic rings. The van der Waals surface area contributed by atoms with Crippen LogP contribution in [-0.2, 0) is 0 Å². The SMILES string of the molecule is COc1ccccc1C(=O)Nc1cccc(-c2nc3cc(C)cc(C)c3o2)c1C. The first-order chi connectivity index (χ1) is 14.0. The van der Waals surface area contributed by atoms with Gasteiger partial charge in [-0.2, -0.15) is 0 Å². The van der Waals surface area contributed by atoms with Crippen LogP contribution in [-0.4, -0.2) is 18.0 Å². The van der Waals surface area contributed by atoms with Crippen LogP contribution in [0.15, 0.2) is 59.0 Å². The van der Waals surface area contributed by atoms with Crippen molar-refractivity contribution in [3.05, 3.63) is 76.9 Å². The van der Waals surface area contributed by atoms with Gasteiger partial charge in [0.05, 0.1) is 12.7 Å². The molecule has 1 amide bonds. The van der Waals surface area contributed by atoms with Crippen molar-refractivity contribution in [2.24, 2.45) is 0 Å². The standard InChI is InChI=1S/C24H22N2O3/c1-14-12-15(2)22-20(13-14)26-24(29-22)17-9-7-10-19(16(17)3)25-23(27)18-8-5-6-11-21(18)28-4/h5-13H,1-4H3,(H,25,27). The number of rotatable bonds is 4. The zero-order valence-electron chi connectivity index (χ0n) is 16.9. The first-order valence-electron chi connectivity index (χ1n) is 9.40. The van der Waals surface area contributed by atoms with Crippen LogP contribution >= 0.6 is 0 Å². The zero-order chi connectivity index (χ0) is 20.5. The average molecular weight is 386 g/mol. The third-order valence-electron chi connectivity index (χ3n) is 4.98. The Kier molecular flexibility index (Phi) is 4.80. The predicted octanol–water partition coefficient (Wildman–Crippen LogP) is 5.68. The number of carbonyl (C=O) groups is 1. The molecule has 5 heteroatoms. The lowest BCUT2D eigenvalue weighted by Gasteiger charge is -2.12. The van der Waals surface area contributed by atoms with Crippen molar-refractivity contribution < 1.29 is 13.9 Å². The molecule has 0 aliphatic carbocycles. The van der Waals surface area contributed by atoms with Gasteiger partial charge in [0.1, 0.15) is 11.3 Å². The average Bonchev–Trinajstić information content (AvgIpc) is 3.13. The molecule has 4 rings (SSSR count). The predicted molar refractivity (Wildman–Crippen MR) is 115 cm³/mol. The van der Waals surface area contributed by atoms with E-state index in [1.165, 1.54) is 0 Å². The maximum Gasteiger partial charge on any atom is 0.259 e. The molecule has 0 saturated carbocycles. The van der Waals surface area contributed by atoms with Crippen LogP contribution in [0.4, 0.5) is 5.69 Å². The minimum absolute atomic E-state index is 0.230. The minimum Gasteiger partial charge on any atom is -0.496 e. The molecule has 146 valence electrons. The van der Waals surface area contributed by atoms with E-state index in [4.69, 9.17) is 9.15 Å². The number of oxazole rings is 1. The second-order valence-electron chi connectivity index (χ2n) is 7.08. The lowest BCUT2D eigenvalue weighted by molar-refractivity contribution is 0.102. The summed E-state index contributed by atoms with van der Waals surface area (Å²) in [5, 5.41) is 2.98. The van der Waals surface area contributed by atoms with E-state index in [-0.39, 0.29) is 5.91 Å². The monoisotopic (exact) mass is 386 g/mol. The molecule has 0 radical (unpaired) electrons. The van der Waals surface area contributed by atoms with Crippen LogP contribution in [0.25, 0.3) is 22.6 Å². The third kappa shape index (κ3) is 3.47. The fourth-order valence-electron chi connectivity index (χ4n) is 3.52. The van der Waals surface area contributed by atoms with Gasteiger partial charge in [0, 0.05) is 11.3 Å². The van der Waals surface area contributed by atoms with Crippen molar-refractivity contribution in [3.8, 4) is 17.2 Å². The number of para-hydroxylation sites is 1. The third-order valence-corrected chi connectivity index (χ3v) is 4.98. The number of amides is 1. The van der Waals surface area contributed by atoms with E-state index in [1.54, 1.807) is 19.2 Å². The molecule has 0 spiro atoms. The maximum atomic E-state index is 12.8.